The van der Waals surface area contributed by atoms with Gasteiger partial charge in [-0.25, -0.2) is 0 Å². The summed E-state index contributed by atoms with van der Waals surface area (Å²) < 4.78 is 5.55. The molecule has 1 saturated heterocycles. The number of hydrogen-bond donors (Lipinski definition) is 1. The average Bonchev–Trinajstić information content (AvgIpc) is 2.97. The third-order valence-electron chi connectivity index (χ3n) is 3.31. The molecule has 20 heavy (non-hydrogen) atoms. The molecule has 1 aliphatic heterocycles. The number of rotatable bonds is 3. The SMILES string of the molecule is CN(CC1CCCO1)C(=O)c1ccccc1C#CCO. The van der Waals surface area contributed by atoms with E-state index >= 15 is 0 Å². The van der Waals surface area contributed by atoms with Gasteiger partial charge >= 0.3 is 0 Å². The number of hydrogen-bond acceptors (Lipinski definition) is 3. The van der Waals surface area contributed by atoms with Crippen molar-refractivity contribution in [3.63, 3.8) is 0 Å². The Balaban J connectivity index is 2.11. The minimum absolute atomic E-state index is 0.0664. The number of carbonyl (C=O) groups is 1. The molecule has 0 bridgehead atoms. The molecule has 1 amide bonds. The average molecular weight is 273 g/mol. The molecule has 1 unspecified atom stereocenters. The standard InChI is InChI=1S/C16H19NO3/c1-17(12-14-8-5-11-20-14)16(19)15-9-3-2-6-13(15)7-4-10-18/h2-3,6,9,14,18H,5,8,10-12H2,1H3. The topological polar surface area (TPSA) is 49.8 Å². The number of nitrogens with zero attached hydrogens (tertiary/aromatic N) is 1. The maximum atomic E-state index is 12.5. The van der Waals surface area contributed by atoms with Crippen LogP contribution in [0.5, 0.6) is 0 Å². The number of aliphatic hydroxyl groups is 1. The lowest BCUT2D eigenvalue weighted by atomic mass is 10.1. The van der Waals surface area contributed by atoms with Crippen molar-refractivity contribution in [2.75, 3.05) is 26.8 Å². The van der Waals surface area contributed by atoms with Crippen LogP contribution in [0.25, 0.3) is 0 Å². The third-order valence-corrected chi connectivity index (χ3v) is 3.31. The number of benzene rings is 1. The molecule has 1 aromatic rings. The highest BCUT2D eigenvalue weighted by molar-refractivity contribution is 5.96. The molecule has 0 radical (unpaired) electrons. The second-order valence-electron chi connectivity index (χ2n) is 4.83. The first kappa shape index (κ1) is 14.6. The van der Waals surface area contributed by atoms with E-state index in [-0.39, 0.29) is 18.6 Å². The maximum absolute atomic E-state index is 12.5. The van der Waals surface area contributed by atoms with E-state index in [0.717, 1.165) is 19.4 Å². The van der Waals surface area contributed by atoms with Gasteiger partial charge in [0.1, 0.15) is 6.61 Å². The molecule has 0 aromatic heterocycles. The molecule has 0 aliphatic carbocycles. The Hall–Kier alpha value is -1.83. The van der Waals surface area contributed by atoms with Crippen molar-refractivity contribution < 1.29 is 14.6 Å². The van der Waals surface area contributed by atoms with Crippen LogP contribution in [0.1, 0.15) is 28.8 Å². The zero-order valence-corrected chi connectivity index (χ0v) is 11.6. The first-order valence-corrected chi connectivity index (χ1v) is 6.78. The third kappa shape index (κ3) is 3.60. The number of aliphatic hydroxyl groups excluding tert-OH is 1. The Morgan fingerprint density at radius 1 is 1.50 bits per heavy atom. The molecule has 1 aliphatic rings. The van der Waals surface area contributed by atoms with Crippen molar-refractivity contribution in [1.82, 2.24) is 4.90 Å². The second kappa shape index (κ2) is 7.09. The fraction of sp³-hybridized carbons (Fsp3) is 0.438. The molecule has 0 saturated carbocycles. The van der Waals surface area contributed by atoms with Crippen LogP contribution in [0.15, 0.2) is 24.3 Å². The van der Waals surface area contributed by atoms with E-state index in [1.807, 2.05) is 12.1 Å². The van der Waals surface area contributed by atoms with E-state index < -0.39 is 0 Å². The number of likely N-dealkylation sites (N-methyl/N-ethyl adjacent to an activating group) is 1. The number of ether oxygens (including phenoxy) is 1. The predicted molar refractivity (Wildman–Crippen MR) is 76.3 cm³/mol. The van der Waals surface area contributed by atoms with Gasteiger partial charge in [-0.15, -0.1) is 0 Å². The van der Waals surface area contributed by atoms with Crippen LogP contribution in [0.2, 0.25) is 0 Å². The van der Waals surface area contributed by atoms with Gasteiger partial charge < -0.3 is 14.7 Å². The highest BCUT2D eigenvalue weighted by Crippen LogP contribution is 2.15. The fourth-order valence-electron chi connectivity index (χ4n) is 2.30. The van der Waals surface area contributed by atoms with Gasteiger partial charge in [0, 0.05) is 25.8 Å². The number of amides is 1. The van der Waals surface area contributed by atoms with Crippen molar-refractivity contribution in [1.29, 1.82) is 0 Å². The Morgan fingerprint density at radius 2 is 2.30 bits per heavy atom. The molecule has 4 heteroatoms. The number of carbonyl (C=O) groups excluding carboxylic acids is 1. The molecule has 2 rings (SSSR count). The van der Waals surface area contributed by atoms with Crippen LogP contribution >= 0.6 is 0 Å². The summed E-state index contributed by atoms with van der Waals surface area (Å²) in [6.07, 6.45) is 2.20. The molecule has 1 heterocycles. The Labute approximate surface area is 119 Å². The molecule has 1 aromatic carbocycles. The predicted octanol–water partition coefficient (Wildman–Crippen LogP) is 1.28. The van der Waals surface area contributed by atoms with Crippen LogP contribution < -0.4 is 0 Å². The first-order valence-electron chi connectivity index (χ1n) is 6.78. The van der Waals surface area contributed by atoms with Gasteiger partial charge in [0.15, 0.2) is 0 Å². The van der Waals surface area contributed by atoms with Crippen LogP contribution in [-0.4, -0.2) is 48.8 Å². The van der Waals surface area contributed by atoms with Crippen LogP contribution in [0.4, 0.5) is 0 Å². The van der Waals surface area contributed by atoms with Gasteiger partial charge in [0.05, 0.1) is 11.7 Å². The highest BCUT2D eigenvalue weighted by atomic mass is 16.5. The summed E-state index contributed by atoms with van der Waals surface area (Å²) in [5.74, 6) is 5.33. The summed E-state index contributed by atoms with van der Waals surface area (Å²) in [5, 5.41) is 8.77. The molecule has 1 N–H and O–H groups in total. The smallest absolute Gasteiger partial charge is 0.254 e. The minimum atomic E-state index is -0.214. The second-order valence-corrected chi connectivity index (χ2v) is 4.83. The molecular formula is C16H19NO3. The van der Waals surface area contributed by atoms with Crippen molar-refractivity contribution >= 4 is 5.91 Å². The molecule has 106 valence electrons. The normalized spacial score (nSPS) is 17.4. The van der Waals surface area contributed by atoms with E-state index in [4.69, 9.17) is 9.84 Å². The summed E-state index contributed by atoms with van der Waals surface area (Å²) >= 11 is 0. The molecule has 4 nitrogen and oxygen atoms in total. The largest absolute Gasteiger partial charge is 0.384 e. The van der Waals surface area contributed by atoms with Crippen molar-refractivity contribution in [2.24, 2.45) is 0 Å². The zero-order valence-electron chi connectivity index (χ0n) is 11.6. The van der Waals surface area contributed by atoms with Crippen molar-refractivity contribution in [3.05, 3.63) is 35.4 Å². The van der Waals surface area contributed by atoms with Crippen LogP contribution in [0.3, 0.4) is 0 Å². The van der Waals surface area contributed by atoms with Gasteiger partial charge in [-0.05, 0) is 25.0 Å². The zero-order chi connectivity index (χ0) is 14.4. The monoisotopic (exact) mass is 273 g/mol. The molecule has 1 atom stereocenters. The quantitative estimate of drug-likeness (QED) is 0.844. The van der Waals surface area contributed by atoms with Gasteiger partial charge in [0.25, 0.3) is 5.91 Å². The van der Waals surface area contributed by atoms with E-state index in [0.29, 0.717) is 17.7 Å². The van der Waals surface area contributed by atoms with E-state index in [9.17, 15) is 4.79 Å². The summed E-state index contributed by atoms with van der Waals surface area (Å²) in [6, 6.07) is 7.20. The summed E-state index contributed by atoms with van der Waals surface area (Å²) in [4.78, 5) is 14.1. The van der Waals surface area contributed by atoms with Crippen molar-refractivity contribution in [3.8, 4) is 11.8 Å². The Bertz CT molecular complexity index is 524. The lowest BCUT2D eigenvalue weighted by Crippen LogP contribution is -2.34. The highest BCUT2D eigenvalue weighted by Gasteiger charge is 2.21. The molecule has 1 fully saturated rings. The lowest BCUT2D eigenvalue weighted by molar-refractivity contribution is 0.0587. The Kier molecular flexibility index (Phi) is 5.16. The van der Waals surface area contributed by atoms with Gasteiger partial charge in [-0.1, -0.05) is 24.0 Å². The Morgan fingerprint density at radius 3 is 3.00 bits per heavy atom. The van der Waals surface area contributed by atoms with Crippen molar-refractivity contribution in [2.45, 2.75) is 18.9 Å². The van der Waals surface area contributed by atoms with Gasteiger partial charge in [0.2, 0.25) is 0 Å². The van der Waals surface area contributed by atoms with Crippen LogP contribution in [0, 0.1) is 11.8 Å². The summed E-state index contributed by atoms with van der Waals surface area (Å²) in [6.45, 7) is 1.17. The molecule has 0 spiro atoms. The van der Waals surface area contributed by atoms with E-state index in [1.165, 1.54) is 0 Å². The first-order chi connectivity index (χ1) is 9.72. The lowest BCUT2D eigenvalue weighted by Gasteiger charge is -2.21. The van der Waals surface area contributed by atoms with Gasteiger partial charge in [-0.3, -0.25) is 4.79 Å². The van der Waals surface area contributed by atoms with E-state index in [2.05, 4.69) is 11.8 Å². The minimum Gasteiger partial charge on any atom is -0.384 e. The maximum Gasteiger partial charge on any atom is 0.254 e. The van der Waals surface area contributed by atoms with Gasteiger partial charge in [-0.2, -0.15) is 0 Å². The van der Waals surface area contributed by atoms with E-state index in [1.54, 1.807) is 24.1 Å². The summed E-state index contributed by atoms with van der Waals surface area (Å²) in [5.41, 5.74) is 1.21. The fourth-order valence-corrected chi connectivity index (χ4v) is 2.30. The van der Waals surface area contributed by atoms with Crippen LogP contribution in [-0.2, 0) is 4.74 Å². The molecular weight excluding hydrogens is 254 g/mol. The summed E-state index contributed by atoms with van der Waals surface area (Å²) in [7, 11) is 1.78.